The third-order valence-electron chi connectivity index (χ3n) is 3.11. The molecule has 1 aromatic heterocycles. The van der Waals surface area contributed by atoms with Crippen LogP contribution >= 0.6 is 0 Å². The van der Waals surface area contributed by atoms with Crippen molar-refractivity contribution in [2.45, 2.75) is 5.09 Å². The van der Waals surface area contributed by atoms with Gasteiger partial charge in [-0.3, -0.25) is 4.79 Å². The Balaban J connectivity index is 1.92. The second kappa shape index (κ2) is 7.30. The molecular formula is C15H18N2O5S. The molecule has 2 rings (SSSR count). The molecule has 23 heavy (non-hydrogen) atoms. The Bertz CT molecular complexity index is 755. The van der Waals surface area contributed by atoms with Crippen molar-refractivity contribution in [3.63, 3.8) is 0 Å². The van der Waals surface area contributed by atoms with E-state index in [1.165, 1.54) is 24.1 Å². The van der Waals surface area contributed by atoms with Crippen molar-refractivity contribution in [1.82, 2.24) is 9.62 Å². The van der Waals surface area contributed by atoms with Gasteiger partial charge in [0.05, 0.1) is 6.54 Å². The minimum Gasteiger partial charge on any atom is -0.492 e. The standard InChI is InChI=1S/C15H18N2O5S/c1-16-23(19,20)14-9-8-13(22-14)15(18)17(2)10-11-21-12-6-4-3-5-7-12/h3-9,16H,10-11H2,1-2H3. The first-order valence-electron chi connectivity index (χ1n) is 6.91. The maximum Gasteiger partial charge on any atom is 0.289 e. The number of furan rings is 1. The van der Waals surface area contributed by atoms with Gasteiger partial charge in [-0.05, 0) is 31.3 Å². The summed E-state index contributed by atoms with van der Waals surface area (Å²) in [6.07, 6.45) is 0. The van der Waals surface area contributed by atoms with Crippen LogP contribution in [-0.2, 0) is 10.0 Å². The van der Waals surface area contributed by atoms with Crippen LogP contribution in [0.5, 0.6) is 5.75 Å². The number of likely N-dealkylation sites (N-methyl/N-ethyl adjacent to an activating group) is 1. The van der Waals surface area contributed by atoms with Crippen LogP contribution < -0.4 is 9.46 Å². The fourth-order valence-electron chi connectivity index (χ4n) is 1.79. The number of sulfonamides is 1. The van der Waals surface area contributed by atoms with E-state index in [4.69, 9.17) is 9.15 Å². The number of carbonyl (C=O) groups excluding carboxylic acids is 1. The van der Waals surface area contributed by atoms with Gasteiger partial charge in [0.1, 0.15) is 12.4 Å². The maximum atomic E-state index is 12.2. The topological polar surface area (TPSA) is 88.9 Å². The van der Waals surface area contributed by atoms with E-state index >= 15 is 0 Å². The number of rotatable bonds is 7. The molecule has 0 atom stereocenters. The molecule has 1 heterocycles. The average molecular weight is 338 g/mol. The Hall–Kier alpha value is -2.32. The molecule has 0 unspecified atom stereocenters. The van der Waals surface area contributed by atoms with Crippen LogP contribution in [0, 0.1) is 0 Å². The third kappa shape index (κ3) is 4.33. The highest BCUT2D eigenvalue weighted by Gasteiger charge is 2.21. The number of amides is 1. The molecule has 0 spiro atoms. The van der Waals surface area contributed by atoms with E-state index in [1.54, 1.807) is 7.05 Å². The van der Waals surface area contributed by atoms with E-state index < -0.39 is 15.9 Å². The van der Waals surface area contributed by atoms with Gasteiger partial charge < -0.3 is 14.1 Å². The smallest absolute Gasteiger partial charge is 0.289 e. The zero-order valence-corrected chi connectivity index (χ0v) is 13.7. The molecule has 1 aromatic carbocycles. The van der Waals surface area contributed by atoms with E-state index in [0.29, 0.717) is 18.9 Å². The second-order valence-corrected chi connectivity index (χ2v) is 6.53. The Morgan fingerprint density at radius 1 is 1.22 bits per heavy atom. The van der Waals surface area contributed by atoms with Gasteiger partial charge in [-0.25, -0.2) is 13.1 Å². The molecule has 2 aromatic rings. The van der Waals surface area contributed by atoms with Crippen LogP contribution in [0.4, 0.5) is 0 Å². The molecule has 0 aliphatic rings. The van der Waals surface area contributed by atoms with Gasteiger partial charge in [-0.2, -0.15) is 0 Å². The monoisotopic (exact) mass is 338 g/mol. The lowest BCUT2D eigenvalue weighted by atomic mass is 10.3. The molecule has 7 nitrogen and oxygen atoms in total. The van der Waals surface area contributed by atoms with E-state index in [1.807, 2.05) is 30.3 Å². The summed E-state index contributed by atoms with van der Waals surface area (Å²) in [6.45, 7) is 0.650. The van der Waals surface area contributed by atoms with Gasteiger partial charge in [-0.1, -0.05) is 18.2 Å². The van der Waals surface area contributed by atoms with Gasteiger partial charge >= 0.3 is 0 Å². The second-order valence-electron chi connectivity index (χ2n) is 4.71. The predicted octanol–water partition coefficient (Wildman–Crippen LogP) is 1.34. The van der Waals surface area contributed by atoms with Gasteiger partial charge in [0.25, 0.3) is 15.9 Å². The summed E-state index contributed by atoms with van der Waals surface area (Å²) in [4.78, 5) is 13.6. The maximum absolute atomic E-state index is 12.2. The van der Waals surface area contributed by atoms with Gasteiger partial charge in [0.15, 0.2) is 5.76 Å². The van der Waals surface area contributed by atoms with Crippen molar-refractivity contribution in [3.8, 4) is 5.75 Å². The van der Waals surface area contributed by atoms with Gasteiger partial charge in [0, 0.05) is 7.05 Å². The van der Waals surface area contributed by atoms with Crippen LogP contribution in [0.25, 0.3) is 0 Å². The van der Waals surface area contributed by atoms with Gasteiger partial charge in [0.2, 0.25) is 5.09 Å². The number of nitrogens with one attached hydrogen (secondary N) is 1. The summed E-state index contributed by atoms with van der Waals surface area (Å²) >= 11 is 0. The first-order chi connectivity index (χ1) is 10.9. The highest BCUT2D eigenvalue weighted by atomic mass is 32.2. The molecular weight excluding hydrogens is 320 g/mol. The van der Waals surface area contributed by atoms with Crippen LogP contribution in [0.15, 0.2) is 52.0 Å². The molecule has 0 saturated carbocycles. The summed E-state index contributed by atoms with van der Waals surface area (Å²) in [6, 6.07) is 11.8. The number of nitrogens with zero attached hydrogens (tertiary/aromatic N) is 1. The molecule has 1 N–H and O–H groups in total. The fraction of sp³-hybridized carbons (Fsp3) is 0.267. The predicted molar refractivity (Wildman–Crippen MR) is 83.9 cm³/mol. The Morgan fingerprint density at radius 3 is 2.57 bits per heavy atom. The highest BCUT2D eigenvalue weighted by molar-refractivity contribution is 7.89. The van der Waals surface area contributed by atoms with Crippen LogP contribution in [0.1, 0.15) is 10.6 Å². The van der Waals surface area contributed by atoms with Gasteiger partial charge in [-0.15, -0.1) is 0 Å². The zero-order chi connectivity index (χ0) is 16.9. The zero-order valence-electron chi connectivity index (χ0n) is 12.9. The molecule has 8 heteroatoms. The Morgan fingerprint density at radius 2 is 1.91 bits per heavy atom. The van der Waals surface area contributed by atoms with Crippen molar-refractivity contribution < 1.29 is 22.4 Å². The summed E-state index contributed by atoms with van der Waals surface area (Å²) in [5.74, 6) is 0.258. The summed E-state index contributed by atoms with van der Waals surface area (Å²) < 4.78 is 35.9. The van der Waals surface area contributed by atoms with E-state index in [2.05, 4.69) is 4.72 Å². The van der Waals surface area contributed by atoms with Crippen LogP contribution in [0.2, 0.25) is 0 Å². The normalized spacial score (nSPS) is 11.2. The molecule has 0 saturated heterocycles. The van der Waals surface area contributed by atoms with Crippen molar-refractivity contribution >= 4 is 15.9 Å². The molecule has 0 aliphatic heterocycles. The fourth-order valence-corrected chi connectivity index (χ4v) is 2.43. The minimum atomic E-state index is -3.70. The lowest BCUT2D eigenvalue weighted by Gasteiger charge is -2.16. The number of ether oxygens (including phenoxy) is 1. The third-order valence-corrected chi connectivity index (χ3v) is 4.40. The first kappa shape index (κ1) is 17.0. The Kier molecular flexibility index (Phi) is 5.41. The molecule has 0 aliphatic carbocycles. The molecule has 0 bridgehead atoms. The molecule has 0 radical (unpaired) electrons. The number of hydrogen-bond acceptors (Lipinski definition) is 5. The summed E-state index contributed by atoms with van der Waals surface area (Å²) in [5, 5.41) is -0.294. The molecule has 0 fully saturated rings. The lowest BCUT2D eigenvalue weighted by Crippen LogP contribution is -2.30. The highest BCUT2D eigenvalue weighted by Crippen LogP contribution is 2.15. The number of benzene rings is 1. The Labute approximate surface area is 134 Å². The quantitative estimate of drug-likeness (QED) is 0.823. The summed E-state index contributed by atoms with van der Waals surface area (Å²) in [7, 11) is -0.843. The largest absolute Gasteiger partial charge is 0.492 e. The van der Waals surface area contributed by atoms with Crippen LogP contribution in [0.3, 0.4) is 0 Å². The van der Waals surface area contributed by atoms with Crippen molar-refractivity contribution in [1.29, 1.82) is 0 Å². The first-order valence-corrected chi connectivity index (χ1v) is 8.39. The lowest BCUT2D eigenvalue weighted by molar-refractivity contribution is 0.0736. The molecule has 124 valence electrons. The van der Waals surface area contributed by atoms with E-state index in [-0.39, 0.29) is 10.9 Å². The minimum absolute atomic E-state index is 0.0407. The number of hydrogen-bond donors (Lipinski definition) is 1. The van der Waals surface area contributed by atoms with Crippen molar-refractivity contribution in [3.05, 3.63) is 48.2 Å². The van der Waals surface area contributed by atoms with E-state index in [0.717, 1.165) is 0 Å². The van der Waals surface area contributed by atoms with E-state index in [9.17, 15) is 13.2 Å². The summed E-state index contributed by atoms with van der Waals surface area (Å²) in [5.41, 5.74) is 0. The average Bonchev–Trinajstić information content (AvgIpc) is 3.06. The van der Waals surface area contributed by atoms with Crippen molar-refractivity contribution in [2.75, 3.05) is 27.2 Å². The van der Waals surface area contributed by atoms with Crippen LogP contribution in [-0.4, -0.2) is 46.5 Å². The SMILES string of the molecule is CNS(=O)(=O)c1ccc(C(=O)N(C)CCOc2ccccc2)o1. The molecule has 1 amide bonds. The van der Waals surface area contributed by atoms with Crippen molar-refractivity contribution in [2.24, 2.45) is 0 Å². The number of carbonyl (C=O) groups is 1. The number of para-hydroxylation sites is 1.